The summed E-state index contributed by atoms with van der Waals surface area (Å²) in [6.07, 6.45) is 3.56. The van der Waals surface area contributed by atoms with Gasteiger partial charge in [-0.2, -0.15) is 5.10 Å². The van der Waals surface area contributed by atoms with E-state index >= 15 is 0 Å². The van der Waals surface area contributed by atoms with Crippen LogP contribution in [0.25, 0.3) is 0 Å². The highest BCUT2D eigenvalue weighted by atomic mass is 16.6. The quantitative estimate of drug-likeness (QED) is 0.702. The minimum atomic E-state index is -0.495. The molecule has 0 unspecified atom stereocenters. The number of nitrogens with zero attached hydrogens (tertiary/aromatic N) is 3. The summed E-state index contributed by atoms with van der Waals surface area (Å²) in [7, 11) is 1.62. The Balaban J connectivity index is 2.39. The summed E-state index contributed by atoms with van der Waals surface area (Å²) in [4.78, 5) is 13.8. The number of carbonyl (C=O) groups excluding carboxylic acids is 1. The first-order valence-corrected chi connectivity index (χ1v) is 8.04. The molecule has 1 heterocycles. The molecule has 1 amide bonds. The molecule has 0 saturated heterocycles. The minimum Gasteiger partial charge on any atom is -0.444 e. The second kappa shape index (κ2) is 9.52. The number of rotatable bonds is 9. The van der Waals surface area contributed by atoms with E-state index in [4.69, 9.17) is 9.47 Å². The second-order valence-electron chi connectivity index (χ2n) is 6.34. The van der Waals surface area contributed by atoms with Gasteiger partial charge in [0.2, 0.25) is 0 Å². The Kier molecular flexibility index (Phi) is 8.05. The average Bonchev–Trinajstić information content (AvgIpc) is 2.92. The summed E-state index contributed by atoms with van der Waals surface area (Å²) >= 11 is 0. The van der Waals surface area contributed by atoms with Gasteiger partial charge < -0.3 is 19.7 Å². The molecule has 0 aliphatic rings. The SMILES string of the molecule is CCn1cc(CNCCN(CCOC)C(=O)OC(C)(C)C)cn1. The summed E-state index contributed by atoms with van der Waals surface area (Å²) in [6, 6.07) is 0. The van der Waals surface area contributed by atoms with Gasteiger partial charge >= 0.3 is 6.09 Å². The van der Waals surface area contributed by atoms with Gasteiger partial charge in [0.25, 0.3) is 0 Å². The van der Waals surface area contributed by atoms with Crippen LogP contribution >= 0.6 is 0 Å². The van der Waals surface area contributed by atoms with E-state index in [1.807, 2.05) is 37.8 Å². The van der Waals surface area contributed by atoms with Gasteiger partial charge in [-0.05, 0) is 27.7 Å². The first-order chi connectivity index (χ1) is 10.9. The van der Waals surface area contributed by atoms with Crippen molar-refractivity contribution in [2.75, 3.05) is 33.4 Å². The average molecular weight is 326 g/mol. The molecule has 0 saturated carbocycles. The van der Waals surface area contributed by atoms with Crippen LogP contribution < -0.4 is 5.32 Å². The number of hydrogen-bond acceptors (Lipinski definition) is 5. The molecular formula is C16H30N4O3. The maximum Gasteiger partial charge on any atom is 0.410 e. The predicted molar refractivity (Wildman–Crippen MR) is 89.3 cm³/mol. The molecule has 7 nitrogen and oxygen atoms in total. The van der Waals surface area contributed by atoms with E-state index in [0.29, 0.717) is 26.2 Å². The van der Waals surface area contributed by atoms with Crippen LogP contribution in [0.3, 0.4) is 0 Å². The number of aryl methyl sites for hydroxylation is 1. The highest BCUT2D eigenvalue weighted by Crippen LogP contribution is 2.09. The minimum absolute atomic E-state index is 0.310. The van der Waals surface area contributed by atoms with Crippen molar-refractivity contribution in [3.8, 4) is 0 Å². The van der Waals surface area contributed by atoms with Gasteiger partial charge in [0, 0.05) is 51.6 Å². The lowest BCUT2D eigenvalue weighted by atomic mass is 10.2. The first-order valence-electron chi connectivity index (χ1n) is 8.04. The van der Waals surface area contributed by atoms with E-state index in [1.165, 1.54) is 0 Å². The Morgan fingerprint density at radius 2 is 2.13 bits per heavy atom. The van der Waals surface area contributed by atoms with Gasteiger partial charge in [-0.3, -0.25) is 4.68 Å². The third-order valence-corrected chi connectivity index (χ3v) is 3.12. The van der Waals surface area contributed by atoms with Crippen LogP contribution in [0, 0.1) is 0 Å². The lowest BCUT2D eigenvalue weighted by Gasteiger charge is -2.27. The Bertz CT molecular complexity index is 468. The maximum atomic E-state index is 12.2. The van der Waals surface area contributed by atoms with Crippen LogP contribution in [0.1, 0.15) is 33.3 Å². The van der Waals surface area contributed by atoms with Gasteiger partial charge in [0.05, 0.1) is 12.8 Å². The molecule has 0 fully saturated rings. The topological polar surface area (TPSA) is 68.6 Å². The molecule has 7 heteroatoms. The highest BCUT2D eigenvalue weighted by molar-refractivity contribution is 5.68. The van der Waals surface area contributed by atoms with E-state index in [9.17, 15) is 4.79 Å². The van der Waals surface area contributed by atoms with Crippen LogP contribution in [0.5, 0.6) is 0 Å². The van der Waals surface area contributed by atoms with Crippen molar-refractivity contribution >= 4 is 6.09 Å². The molecule has 0 bridgehead atoms. The fraction of sp³-hybridized carbons (Fsp3) is 0.750. The molecule has 1 rings (SSSR count). The summed E-state index contributed by atoms with van der Waals surface area (Å²) in [6.45, 7) is 11.5. The van der Waals surface area contributed by atoms with Crippen LogP contribution in [-0.2, 0) is 22.6 Å². The maximum absolute atomic E-state index is 12.2. The molecule has 0 aromatic carbocycles. The fourth-order valence-corrected chi connectivity index (χ4v) is 1.94. The zero-order valence-corrected chi connectivity index (χ0v) is 15.0. The first kappa shape index (κ1) is 19.4. The smallest absolute Gasteiger partial charge is 0.410 e. The molecule has 0 radical (unpaired) electrons. The lowest BCUT2D eigenvalue weighted by molar-refractivity contribution is 0.0204. The standard InChI is InChI=1S/C16H30N4O3/c1-6-20-13-14(12-18-20)11-17-7-8-19(9-10-22-5)15(21)23-16(2,3)4/h12-13,17H,6-11H2,1-5H3. The van der Waals surface area contributed by atoms with E-state index < -0.39 is 5.60 Å². The molecule has 0 atom stereocenters. The van der Waals surface area contributed by atoms with Crippen LogP contribution in [0.2, 0.25) is 0 Å². The molecule has 1 N–H and O–H groups in total. The molecule has 0 spiro atoms. The monoisotopic (exact) mass is 326 g/mol. The Morgan fingerprint density at radius 1 is 1.39 bits per heavy atom. The van der Waals surface area contributed by atoms with Gasteiger partial charge in [-0.1, -0.05) is 0 Å². The normalized spacial score (nSPS) is 11.5. The largest absolute Gasteiger partial charge is 0.444 e. The third kappa shape index (κ3) is 7.99. The van der Waals surface area contributed by atoms with Gasteiger partial charge in [0.15, 0.2) is 0 Å². The molecule has 0 aliphatic heterocycles. The molecule has 1 aromatic rings. The number of methoxy groups -OCH3 is 1. The van der Waals surface area contributed by atoms with E-state index in [1.54, 1.807) is 12.0 Å². The van der Waals surface area contributed by atoms with Crippen molar-refractivity contribution in [3.63, 3.8) is 0 Å². The van der Waals surface area contributed by atoms with Crippen molar-refractivity contribution < 1.29 is 14.3 Å². The zero-order chi connectivity index (χ0) is 17.3. The summed E-state index contributed by atoms with van der Waals surface area (Å²) in [5.74, 6) is 0. The van der Waals surface area contributed by atoms with Crippen molar-refractivity contribution in [3.05, 3.63) is 18.0 Å². The van der Waals surface area contributed by atoms with Crippen LogP contribution in [-0.4, -0.2) is 59.7 Å². The van der Waals surface area contributed by atoms with E-state index in [2.05, 4.69) is 17.3 Å². The zero-order valence-electron chi connectivity index (χ0n) is 15.0. The van der Waals surface area contributed by atoms with Gasteiger partial charge in [0.1, 0.15) is 5.60 Å². The second-order valence-corrected chi connectivity index (χ2v) is 6.34. The van der Waals surface area contributed by atoms with Gasteiger partial charge in [-0.25, -0.2) is 4.79 Å². The number of aromatic nitrogens is 2. The Morgan fingerprint density at radius 3 is 2.70 bits per heavy atom. The van der Waals surface area contributed by atoms with Crippen molar-refractivity contribution in [2.45, 2.75) is 46.4 Å². The molecule has 132 valence electrons. The molecule has 23 heavy (non-hydrogen) atoms. The number of carbonyl (C=O) groups is 1. The summed E-state index contributed by atoms with van der Waals surface area (Å²) in [5, 5.41) is 7.55. The van der Waals surface area contributed by atoms with Crippen molar-refractivity contribution in [1.82, 2.24) is 20.0 Å². The third-order valence-electron chi connectivity index (χ3n) is 3.12. The summed E-state index contributed by atoms with van der Waals surface area (Å²) < 4.78 is 12.4. The predicted octanol–water partition coefficient (Wildman–Crippen LogP) is 1.88. The summed E-state index contributed by atoms with van der Waals surface area (Å²) in [5.41, 5.74) is 0.637. The molecule has 1 aromatic heterocycles. The number of ether oxygens (including phenoxy) is 2. The number of amides is 1. The molecular weight excluding hydrogens is 296 g/mol. The van der Waals surface area contributed by atoms with Crippen molar-refractivity contribution in [1.29, 1.82) is 0 Å². The number of hydrogen-bond donors (Lipinski definition) is 1. The fourth-order valence-electron chi connectivity index (χ4n) is 1.94. The number of nitrogens with one attached hydrogen (secondary N) is 1. The van der Waals surface area contributed by atoms with Gasteiger partial charge in [-0.15, -0.1) is 0 Å². The van der Waals surface area contributed by atoms with E-state index in [-0.39, 0.29) is 6.09 Å². The van der Waals surface area contributed by atoms with Crippen LogP contribution in [0.4, 0.5) is 4.79 Å². The van der Waals surface area contributed by atoms with Crippen molar-refractivity contribution in [2.24, 2.45) is 0 Å². The lowest BCUT2D eigenvalue weighted by Crippen LogP contribution is -2.42. The molecule has 0 aliphatic carbocycles. The Hall–Kier alpha value is -1.60. The Labute approximate surface area is 138 Å². The highest BCUT2D eigenvalue weighted by Gasteiger charge is 2.21. The van der Waals surface area contributed by atoms with E-state index in [0.717, 1.165) is 18.7 Å². The van der Waals surface area contributed by atoms with Crippen LogP contribution in [0.15, 0.2) is 12.4 Å².